The number of ether oxygens (including phenoxy) is 1. The number of hydrogen-bond acceptors (Lipinski definition) is 5. The van der Waals surface area contributed by atoms with Crippen LogP contribution in [0.25, 0.3) is 0 Å². The SMILES string of the molecule is C=CCNS(=O)(=O)C1CON(C)C1c1cccc(Oc2ccccc2)c1. The monoisotopic (exact) mass is 374 g/mol. The van der Waals surface area contributed by atoms with E-state index in [-0.39, 0.29) is 13.2 Å². The van der Waals surface area contributed by atoms with Gasteiger partial charge in [0.1, 0.15) is 16.7 Å². The second-order valence-corrected chi connectivity index (χ2v) is 7.98. The van der Waals surface area contributed by atoms with Crippen LogP contribution in [0.1, 0.15) is 11.6 Å². The summed E-state index contributed by atoms with van der Waals surface area (Å²) in [5.74, 6) is 1.36. The number of nitrogens with one attached hydrogen (secondary N) is 1. The van der Waals surface area contributed by atoms with Crippen molar-refractivity contribution in [1.29, 1.82) is 0 Å². The Balaban J connectivity index is 1.86. The largest absolute Gasteiger partial charge is 0.457 e. The highest BCUT2D eigenvalue weighted by Crippen LogP contribution is 2.35. The van der Waals surface area contributed by atoms with Crippen molar-refractivity contribution in [3.8, 4) is 11.5 Å². The first kappa shape index (κ1) is 18.6. The Kier molecular flexibility index (Phi) is 5.73. The first-order valence-corrected chi connectivity index (χ1v) is 9.84. The number of nitrogens with zero attached hydrogens (tertiary/aromatic N) is 1. The summed E-state index contributed by atoms with van der Waals surface area (Å²) in [6.45, 7) is 3.83. The van der Waals surface area contributed by atoms with Gasteiger partial charge in [-0.2, -0.15) is 5.06 Å². The number of hydrogen-bond donors (Lipinski definition) is 1. The normalized spacial score (nSPS) is 20.8. The molecule has 0 saturated carbocycles. The van der Waals surface area contributed by atoms with Gasteiger partial charge in [-0.05, 0) is 29.8 Å². The van der Waals surface area contributed by atoms with Crippen molar-refractivity contribution in [2.75, 3.05) is 20.2 Å². The molecule has 26 heavy (non-hydrogen) atoms. The quantitative estimate of drug-likeness (QED) is 0.755. The van der Waals surface area contributed by atoms with E-state index in [1.165, 1.54) is 6.08 Å². The fourth-order valence-corrected chi connectivity index (χ4v) is 4.42. The molecule has 0 spiro atoms. The molecule has 2 atom stereocenters. The molecule has 1 saturated heterocycles. The lowest BCUT2D eigenvalue weighted by Gasteiger charge is -2.23. The first-order chi connectivity index (χ1) is 12.5. The molecule has 138 valence electrons. The lowest BCUT2D eigenvalue weighted by atomic mass is 10.0. The molecule has 6 nitrogen and oxygen atoms in total. The predicted molar refractivity (Wildman–Crippen MR) is 100 cm³/mol. The Bertz CT molecular complexity index is 855. The van der Waals surface area contributed by atoms with Gasteiger partial charge < -0.3 is 4.74 Å². The van der Waals surface area contributed by atoms with Crippen LogP contribution >= 0.6 is 0 Å². The van der Waals surface area contributed by atoms with Gasteiger partial charge in [0, 0.05) is 13.6 Å². The van der Waals surface area contributed by atoms with Crippen LogP contribution in [0.3, 0.4) is 0 Å². The fraction of sp³-hybridized carbons (Fsp3) is 0.263. The molecule has 1 N–H and O–H groups in total. The summed E-state index contributed by atoms with van der Waals surface area (Å²) >= 11 is 0. The van der Waals surface area contributed by atoms with Crippen molar-refractivity contribution in [3.05, 3.63) is 72.8 Å². The zero-order valence-corrected chi connectivity index (χ0v) is 15.4. The Morgan fingerprint density at radius 2 is 1.96 bits per heavy atom. The molecular weight excluding hydrogens is 352 g/mol. The van der Waals surface area contributed by atoms with Crippen LogP contribution in [-0.2, 0) is 14.9 Å². The van der Waals surface area contributed by atoms with Crippen LogP contribution in [0.5, 0.6) is 11.5 Å². The smallest absolute Gasteiger partial charge is 0.219 e. The van der Waals surface area contributed by atoms with Gasteiger partial charge in [0.2, 0.25) is 10.0 Å². The van der Waals surface area contributed by atoms with Gasteiger partial charge in [0.25, 0.3) is 0 Å². The van der Waals surface area contributed by atoms with E-state index >= 15 is 0 Å². The third kappa shape index (κ3) is 4.13. The Morgan fingerprint density at radius 1 is 1.23 bits per heavy atom. The summed E-state index contributed by atoms with van der Waals surface area (Å²) in [5.41, 5.74) is 0.812. The lowest BCUT2D eigenvalue weighted by Crippen LogP contribution is -2.39. The zero-order chi connectivity index (χ0) is 18.6. The third-order valence-corrected chi connectivity index (χ3v) is 5.95. The second-order valence-electron chi connectivity index (χ2n) is 5.99. The topological polar surface area (TPSA) is 67.9 Å². The maximum absolute atomic E-state index is 12.6. The first-order valence-electron chi connectivity index (χ1n) is 8.29. The molecule has 0 amide bonds. The van der Waals surface area contributed by atoms with Crippen molar-refractivity contribution in [1.82, 2.24) is 9.79 Å². The van der Waals surface area contributed by atoms with Gasteiger partial charge in [0.15, 0.2) is 0 Å². The molecule has 0 bridgehead atoms. The summed E-state index contributed by atoms with van der Waals surface area (Å²) in [6.07, 6.45) is 1.51. The molecule has 1 aliphatic heterocycles. The van der Waals surface area contributed by atoms with Crippen LogP contribution in [0.4, 0.5) is 0 Å². The van der Waals surface area contributed by atoms with Crippen LogP contribution < -0.4 is 9.46 Å². The number of benzene rings is 2. The van der Waals surface area contributed by atoms with Crippen LogP contribution in [0.15, 0.2) is 67.3 Å². The second kappa shape index (κ2) is 8.01. The van der Waals surface area contributed by atoms with E-state index in [1.54, 1.807) is 12.1 Å². The molecule has 3 rings (SSSR count). The summed E-state index contributed by atoms with van der Waals surface area (Å²) < 4.78 is 33.6. The summed E-state index contributed by atoms with van der Waals surface area (Å²) in [7, 11) is -1.82. The van der Waals surface area contributed by atoms with E-state index in [0.29, 0.717) is 5.75 Å². The van der Waals surface area contributed by atoms with E-state index in [1.807, 2.05) is 54.6 Å². The molecule has 0 aromatic heterocycles. The fourth-order valence-electron chi connectivity index (χ4n) is 2.95. The average Bonchev–Trinajstić information content (AvgIpc) is 3.04. The Labute approximate surface area is 154 Å². The molecule has 0 aliphatic carbocycles. The summed E-state index contributed by atoms with van der Waals surface area (Å²) in [4.78, 5) is 5.50. The molecule has 1 aliphatic rings. The van der Waals surface area contributed by atoms with Gasteiger partial charge in [-0.25, -0.2) is 13.1 Å². The predicted octanol–water partition coefficient (Wildman–Crippen LogP) is 2.87. The number of sulfonamides is 1. The highest BCUT2D eigenvalue weighted by atomic mass is 32.2. The standard InChI is InChI=1S/C19H22N2O4S/c1-3-12-20-26(22,23)18-14-24-21(2)19(18)15-8-7-11-17(13-15)25-16-9-5-4-6-10-16/h3-11,13,18-20H,1,12,14H2,2H3. The Morgan fingerprint density at radius 3 is 2.69 bits per heavy atom. The number of rotatable bonds is 7. The van der Waals surface area contributed by atoms with Gasteiger partial charge in [-0.3, -0.25) is 4.84 Å². The third-order valence-electron chi connectivity index (χ3n) is 4.19. The van der Waals surface area contributed by atoms with Crippen molar-refractivity contribution in [2.24, 2.45) is 0 Å². The van der Waals surface area contributed by atoms with Gasteiger partial charge >= 0.3 is 0 Å². The average molecular weight is 374 g/mol. The minimum atomic E-state index is -3.55. The van der Waals surface area contributed by atoms with Gasteiger partial charge in [-0.15, -0.1) is 6.58 Å². The van der Waals surface area contributed by atoms with Crippen LogP contribution in [0, 0.1) is 0 Å². The van der Waals surface area contributed by atoms with E-state index in [4.69, 9.17) is 9.57 Å². The van der Waals surface area contributed by atoms with Crippen molar-refractivity contribution in [2.45, 2.75) is 11.3 Å². The zero-order valence-electron chi connectivity index (χ0n) is 14.5. The molecule has 2 aromatic carbocycles. The maximum atomic E-state index is 12.6. The number of hydroxylamine groups is 2. The summed E-state index contributed by atoms with van der Waals surface area (Å²) in [5, 5.41) is 0.860. The molecule has 1 heterocycles. The minimum Gasteiger partial charge on any atom is -0.457 e. The minimum absolute atomic E-state index is 0.0947. The maximum Gasteiger partial charge on any atom is 0.219 e. The van der Waals surface area contributed by atoms with Crippen LogP contribution in [0.2, 0.25) is 0 Å². The van der Waals surface area contributed by atoms with Crippen molar-refractivity contribution < 1.29 is 18.0 Å². The molecule has 2 aromatic rings. The van der Waals surface area contributed by atoms with Crippen molar-refractivity contribution >= 4 is 10.0 Å². The molecule has 7 heteroatoms. The van der Waals surface area contributed by atoms with Crippen LogP contribution in [-0.4, -0.2) is 38.9 Å². The van der Waals surface area contributed by atoms with E-state index in [2.05, 4.69) is 11.3 Å². The van der Waals surface area contributed by atoms with Gasteiger partial charge in [0.05, 0.1) is 12.6 Å². The highest BCUT2D eigenvalue weighted by Gasteiger charge is 2.43. The number of para-hydroxylation sites is 1. The molecule has 1 fully saturated rings. The molecule has 0 radical (unpaired) electrons. The summed E-state index contributed by atoms with van der Waals surface area (Å²) in [6, 6.07) is 16.4. The lowest BCUT2D eigenvalue weighted by molar-refractivity contribution is -0.110. The molecular formula is C19H22N2O4S. The van der Waals surface area contributed by atoms with Gasteiger partial charge in [-0.1, -0.05) is 36.4 Å². The highest BCUT2D eigenvalue weighted by molar-refractivity contribution is 7.90. The van der Waals surface area contributed by atoms with E-state index < -0.39 is 21.3 Å². The van der Waals surface area contributed by atoms with Crippen molar-refractivity contribution in [3.63, 3.8) is 0 Å². The van der Waals surface area contributed by atoms with E-state index in [9.17, 15) is 8.42 Å². The van der Waals surface area contributed by atoms with E-state index in [0.717, 1.165) is 11.3 Å². The molecule has 2 unspecified atom stereocenters. The Hall–Kier alpha value is -2.19.